The average Bonchev–Trinajstić information content (AvgIpc) is 2.42. The van der Waals surface area contributed by atoms with Crippen LogP contribution in [-0.2, 0) is 0 Å². The summed E-state index contributed by atoms with van der Waals surface area (Å²) in [5.74, 6) is 0. The zero-order valence-electron chi connectivity index (χ0n) is 10.2. The van der Waals surface area contributed by atoms with E-state index in [9.17, 15) is 5.26 Å². The van der Waals surface area contributed by atoms with Gasteiger partial charge in [-0.2, -0.15) is 5.26 Å². The first-order valence-corrected chi connectivity index (χ1v) is 5.79. The third kappa shape index (κ3) is 2.78. The van der Waals surface area contributed by atoms with Crippen molar-refractivity contribution < 1.29 is 0 Å². The Morgan fingerprint density at radius 3 is 2.06 bits per heavy atom. The first kappa shape index (κ1) is 11.9. The lowest BCUT2D eigenvalue weighted by molar-refractivity contribution is 1.37. The molecule has 2 heteroatoms. The van der Waals surface area contributed by atoms with E-state index in [1.165, 1.54) is 0 Å². The molecule has 0 aliphatic rings. The molecule has 2 nitrogen and oxygen atoms in total. The number of nitrogens with zero attached hydrogens (tertiary/aromatic N) is 1. The lowest BCUT2D eigenvalue weighted by atomic mass is 10.1. The van der Waals surface area contributed by atoms with E-state index < -0.39 is 0 Å². The van der Waals surface area contributed by atoms with Gasteiger partial charge in [0.25, 0.3) is 0 Å². The molecule has 2 aromatic rings. The van der Waals surface area contributed by atoms with Crippen LogP contribution in [-0.4, -0.2) is 0 Å². The summed E-state index contributed by atoms with van der Waals surface area (Å²) in [6, 6.07) is 21.8. The molecule has 2 aromatic carbocycles. The molecular weight excluding hydrogens is 220 g/mol. The van der Waals surface area contributed by atoms with Crippen LogP contribution in [0.15, 0.2) is 66.4 Å². The second-order valence-corrected chi connectivity index (χ2v) is 3.97. The molecule has 0 atom stereocenters. The molecule has 0 unspecified atom stereocenters. The van der Waals surface area contributed by atoms with Gasteiger partial charge in [0, 0.05) is 11.4 Å². The first-order valence-electron chi connectivity index (χ1n) is 5.79. The highest BCUT2D eigenvalue weighted by Crippen LogP contribution is 2.19. The van der Waals surface area contributed by atoms with E-state index in [-0.39, 0.29) is 0 Å². The smallest absolute Gasteiger partial charge is 0.102 e. The van der Waals surface area contributed by atoms with Crippen LogP contribution in [0, 0.1) is 11.3 Å². The number of nitriles is 1. The summed E-state index contributed by atoms with van der Waals surface area (Å²) in [5.41, 5.74) is 3.44. The molecule has 1 N–H and O–H groups in total. The van der Waals surface area contributed by atoms with Gasteiger partial charge in [0.05, 0.1) is 5.57 Å². The van der Waals surface area contributed by atoms with Gasteiger partial charge in [-0.25, -0.2) is 0 Å². The molecule has 18 heavy (non-hydrogen) atoms. The predicted octanol–water partition coefficient (Wildman–Crippen LogP) is 4.05. The molecule has 0 spiro atoms. The quantitative estimate of drug-likeness (QED) is 0.813. The molecule has 0 radical (unpaired) electrons. The van der Waals surface area contributed by atoms with E-state index in [2.05, 4.69) is 11.4 Å². The van der Waals surface area contributed by atoms with Gasteiger partial charge in [-0.15, -0.1) is 0 Å². The molecule has 0 saturated carbocycles. The van der Waals surface area contributed by atoms with Crippen molar-refractivity contribution in [3.8, 4) is 6.07 Å². The maximum Gasteiger partial charge on any atom is 0.102 e. The molecule has 0 bridgehead atoms. The Hall–Kier alpha value is -2.53. The van der Waals surface area contributed by atoms with Crippen LogP contribution < -0.4 is 5.32 Å². The van der Waals surface area contributed by atoms with Crippen molar-refractivity contribution in [1.29, 1.82) is 5.26 Å². The fourth-order valence-corrected chi connectivity index (χ4v) is 1.77. The summed E-state index contributed by atoms with van der Waals surface area (Å²) in [4.78, 5) is 0. The minimum absolute atomic E-state index is 0.666. The van der Waals surface area contributed by atoms with E-state index in [4.69, 9.17) is 0 Å². The topological polar surface area (TPSA) is 35.8 Å². The summed E-state index contributed by atoms with van der Waals surface area (Å²) >= 11 is 0. The molecule has 88 valence electrons. The van der Waals surface area contributed by atoms with Crippen LogP contribution in [0.2, 0.25) is 0 Å². The van der Waals surface area contributed by atoms with Crippen molar-refractivity contribution in [2.24, 2.45) is 0 Å². The maximum absolute atomic E-state index is 9.28. The Morgan fingerprint density at radius 2 is 1.50 bits per heavy atom. The molecule has 0 aromatic heterocycles. The Balaban J connectivity index is 2.31. The number of allylic oxidation sites excluding steroid dienone is 2. The van der Waals surface area contributed by atoms with Gasteiger partial charge in [0.2, 0.25) is 0 Å². The second-order valence-electron chi connectivity index (χ2n) is 3.97. The van der Waals surface area contributed by atoms with Crippen molar-refractivity contribution in [3.05, 3.63) is 71.9 Å². The van der Waals surface area contributed by atoms with Crippen molar-refractivity contribution in [3.63, 3.8) is 0 Å². The predicted molar refractivity (Wildman–Crippen MR) is 74.7 cm³/mol. The molecule has 0 amide bonds. The van der Waals surface area contributed by atoms with Gasteiger partial charge >= 0.3 is 0 Å². The summed E-state index contributed by atoms with van der Waals surface area (Å²) < 4.78 is 0. The van der Waals surface area contributed by atoms with E-state index in [1.807, 2.05) is 67.6 Å². The van der Waals surface area contributed by atoms with Crippen molar-refractivity contribution in [2.75, 3.05) is 5.32 Å². The maximum atomic E-state index is 9.28. The van der Waals surface area contributed by atoms with E-state index >= 15 is 0 Å². The first-order chi connectivity index (χ1) is 8.81. The third-order valence-electron chi connectivity index (χ3n) is 2.65. The summed E-state index contributed by atoms with van der Waals surface area (Å²) in [7, 11) is 0. The number of hydrogen-bond acceptors (Lipinski definition) is 2. The lowest BCUT2D eigenvalue weighted by Crippen LogP contribution is -1.99. The van der Waals surface area contributed by atoms with E-state index in [0.717, 1.165) is 16.9 Å². The average molecular weight is 234 g/mol. The summed E-state index contributed by atoms with van der Waals surface area (Å²) in [6.07, 6.45) is 0. The van der Waals surface area contributed by atoms with Crippen LogP contribution in [0.25, 0.3) is 5.57 Å². The van der Waals surface area contributed by atoms with Gasteiger partial charge in [-0.1, -0.05) is 48.5 Å². The number of benzene rings is 2. The van der Waals surface area contributed by atoms with Crippen LogP contribution in [0.5, 0.6) is 0 Å². The standard InChI is InChI=1S/C16H14N2/c1-13(18-15-10-6-3-7-11-15)16(12-17)14-8-4-2-5-9-14/h2-11,18H,1H3/b16-13+. The Kier molecular flexibility index (Phi) is 3.78. The zero-order valence-corrected chi connectivity index (χ0v) is 10.2. The highest BCUT2D eigenvalue weighted by atomic mass is 14.9. The SMILES string of the molecule is C/C(Nc1ccccc1)=C(/C#N)c1ccccc1. The molecule has 0 heterocycles. The number of para-hydroxylation sites is 1. The molecule has 0 aliphatic heterocycles. The number of anilines is 1. The van der Waals surface area contributed by atoms with Gasteiger partial charge in [-0.05, 0) is 24.6 Å². The van der Waals surface area contributed by atoms with Gasteiger partial charge in [0.15, 0.2) is 0 Å². The van der Waals surface area contributed by atoms with Crippen molar-refractivity contribution in [1.82, 2.24) is 0 Å². The third-order valence-corrected chi connectivity index (χ3v) is 2.65. The highest BCUT2D eigenvalue weighted by Gasteiger charge is 2.04. The Bertz CT molecular complexity index is 577. The molecule has 2 rings (SSSR count). The van der Waals surface area contributed by atoms with Gasteiger partial charge < -0.3 is 5.32 Å². The van der Waals surface area contributed by atoms with Crippen LogP contribution in [0.4, 0.5) is 5.69 Å². The lowest BCUT2D eigenvalue weighted by Gasteiger charge is -2.09. The van der Waals surface area contributed by atoms with E-state index in [1.54, 1.807) is 0 Å². The largest absolute Gasteiger partial charge is 0.358 e. The molecular formula is C16H14N2. The number of rotatable bonds is 3. The van der Waals surface area contributed by atoms with Gasteiger partial charge in [0.1, 0.15) is 6.07 Å². The highest BCUT2D eigenvalue weighted by molar-refractivity contribution is 5.81. The fraction of sp³-hybridized carbons (Fsp3) is 0.0625. The van der Waals surface area contributed by atoms with E-state index in [0.29, 0.717) is 5.57 Å². The molecule has 0 saturated heterocycles. The summed E-state index contributed by atoms with van der Waals surface area (Å²) in [5, 5.41) is 12.5. The number of nitrogens with one attached hydrogen (secondary N) is 1. The van der Waals surface area contributed by atoms with Crippen LogP contribution in [0.3, 0.4) is 0 Å². The molecule has 0 fully saturated rings. The Morgan fingerprint density at radius 1 is 0.944 bits per heavy atom. The van der Waals surface area contributed by atoms with Crippen molar-refractivity contribution in [2.45, 2.75) is 6.92 Å². The fourth-order valence-electron chi connectivity index (χ4n) is 1.77. The minimum atomic E-state index is 0.666. The second kappa shape index (κ2) is 5.70. The normalized spacial score (nSPS) is 11.3. The summed E-state index contributed by atoms with van der Waals surface area (Å²) in [6.45, 7) is 1.92. The van der Waals surface area contributed by atoms with Gasteiger partial charge in [-0.3, -0.25) is 0 Å². The molecule has 0 aliphatic carbocycles. The Labute approximate surface area is 107 Å². The van der Waals surface area contributed by atoms with Crippen LogP contribution >= 0.6 is 0 Å². The monoisotopic (exact) mass is 234 g/mol. The minimum Gasteiger partial charge on any atom is -0.358 e. The van der Waals surface area contributed by atoms with Crippen molar-refractivity contribution >= 4 is 11.3 Å². The van der Waals surface area contributed by atoms with Crippen LogP contribution in [0.1, 0.15) is 12.5 Å². The number of hydrogen-bond donors (Lipinski definition) is 1. The zero-order chi connectivity index (χ0) is 12.8.